The molecule has 4 N–H and O–H groups in total. The van der Waals surface area contributed by atoms with Crippen molar-refractivity contribution < 1.29 is 10.2 Å². The predicted octanol–water partition coefficient (Wildman–Crippen LogP) is 1.72. The van der Waals surface area contributed by atoms with Gasteiger partial charge in [-0.15, -0.1) is 12.4 Å². The molecular weight excluding hydrogens is 202 g/mol. The molecule has 0 amide bonds. The Labute approximate surface area is 90.0 Å². The zero-order chi connectivity index (χ0) is 10.0. The molecule has 1 aromatic rings. The summed E-state index contributed by atoms with van der Waals surface area (Å²) in [6.45, 7) is 3.60. The number of rotatable bonds is 2. The normalized spacial score (nSPS) is 11.9. The molecule has 0 saturated carbocycles. The van der Waals surface area contributed by atoms with Crippen LogP contribution in [0.15, 0.2) is 12.1 Å². The van der Waals surface area contributed by atoms with Gasteiger partial charge >= 0.3 is 0 Å². The third kappa shape index (κ3) is 3.09. The van der Waals surface area contributed by atoms with E-state index in [4.69, 9.17) is 5.73 Å². The SMILES string of the molecule is Cc1cc(O)c(CC(C)N)cc1O.Cl. The van der Waals surface area contributed by atoms with Gasteiger partial charge in [-0.1, -0.05) is 0 Å². The minimum absolute atomic E-state index is 0. The summed E-state index contributed by atoms with van der Waals surface area (Å²) in [7, 11) is 0. The maximum atomic E-state index is 9.50. The molecule has 0 aliphatic rings. The van der Waals surface area contributed by atoms with E-state index in [2.05, 4.69) is 0 Å². The minimum Gasteiger partial charge on any atom is -0.508 e. The molecule has 1 aromatic carbocycles. The van der Waals surface area contributed by atoms with Crippen molar-refractivity contribution in [1.82, 2.24) is 0 Å². The van der Waals surface area contributed by atoms with Crippen molar-refractivity contribution in [3.63, 3.8) is 0 Å². The third-order valence-corrected chi connectivity index (χ3v) is 1.94. The van der Waals surface area contributed by atoms with E-state index in [0.29, 0.717) is 17.5 Å². The van der Waals surface area contributed by atoms with Crippen LogP contribution in [0.5, 0.6) is 11.5 Å². The molecule has 0 aliphatic carbocycles. The number of benzene rings is 1. The number of phenols is 2. The standard InChI is InChI=1S/C10H15NO2.ClH/c1-6-3-10(13)8(4-7(2)11)5-9(6)12;/h3,5,7,12-13H,4,11H2,1-2H3;1H. The summed E-state index contributed by atoms with van der Waals surface area (Å²) in [5.74, 6) is 0.404. The number of aryl methyl sites for hydroxylation is 1. The molecule has 80 valence electrons. The van der Waals surface area contributed by atoms with Gasteiger partial charge in [-0.3, -0.25) is 0 Å². The summed E-state index contributed by atoms with van der Waals surface area (Å²) in [5, 5.41) is 18.9. The van der Waals surface area contributed by atoms with Gasteiger partial charge in [0.1, 0.15) is 11.5 Å². The first-order valence-electron chi connectivity index (χ1n) is 4.27. The van der Waals surface area contributed by atoms with E-state index in [1.54, 1.807) is 19.1 Å². The molecule has 0 saturated heterocycles. The van der Waals surface area contributed by atoms with E-state index < -0.39 is 0 Å². The average Bonchev–Trinajstić information content (AvgIpc) is 1.99. The smallest absolute Gasteiger partial charge is 0.119 e. The topological polar surface area (TPSA) is 66.5 Å². The number of halogens is 1. The summed E-state index contributed by atoms with van der Waals surface area (Å²) in [6.07, 6.45) is 0.569. The van der Waals surface area contributed by atoms with Crippen molar-refractivity contribution in [3.05, 3.63) is 23.3 Å². The Kier molecular flexibility index (Phi) is 4.74. The largest absolute Gasteiger partial charge is 0.508 e. The Morgan fingerprint density at radius 1 is 1.29 bits per heavy atom. The van der Waals surface area contributed by atoms with Crippen LogP contribution in [0.3, 0.4) is 0 Å². The van der Waals surface area contributed by atoms with Gasteiger partial charge in [0.05, 0.1) is 0 Å². The van der Waals surface area contributed by atoms with Crippen LogP contribution in [0.25, 0.3) is 0 Å². The van der Waals surface area contributed by atoms with Gasteiger partial charge in [0, 0.05) is 6.04 Å². The molecule has 3 nitrogen and oxygen atoms in total. The molecule has 0 aliphatic heterocycles. The lowest BCUT2D eigenvalue weighted by molar-refractivity contribution is 0.449. The van der Waals surface area contributed by atoms with Crippen LogP contribution in [0.2, 0.25) is 0 Å². The average molecular weight is 218 g/mol. The molecule has 1 rings (SSSR count). The second kappa shape index (κ2) is 5.08. The van der Waals surface area contributed by atoms with Crippen molar-refractivity contribution in [2.45, 2.75) is 26.3 Å². The first kappa shape index (κ1) is 13.1. The van der Waals surface area contributed by atoms with Gasteiger partial charge in [-0.25, -0.2) is 0 Å². The molecule has 0 radical (unpaired) electrons. The van der Waals surface area contributed by atoms with E-state index >= 15 is 0 Å². The Morgan fingerprint density at radius 2 is 1.86 bits per heavy atom. The van der Waals surface area contributed by atoms with Crippen molar-refractivity contribution in [3.8, 4) is 11.5 Å². The zero-order valence-corrected chi connectivity index (χ0v) is 9.14. The second-order valence-electron chi connectivity index (χ2n) is 3.45. The van der Waals surface area contributed by atoms with Crippen molar-refractivity contribution in [1.29, 1.82) is 0 Å². The van der Waals surface area contributed by atoms with Gasteiger partial charge in [-0.2, -0.15) is 0 Å². The quantitative estimate of drug-likeness (QED) is 0.661. The summed E-state index contributed by atoms with van der Waals surface area (Å²) in [4.78, 5) is 0. The van der Waals surface area contributed by atoms with E-state index in [1.165, 1.54) is 0 Å². The molecule has 0 bridgehead atoms. The fraction of sp³-hybridized carbons (Fsp3) is 0.400. The monoisotopic (exact) mass is 217 g/mol. The molecule has 0 heterocycles. The molecule has 0 aromatic heterocycles. The molecular formula is C10H16ClNO2. The lowest BCUT2D eigenvalue weighted by Gasteiger charge is -2.09. The molecule has 1 atom stereocenters. The van der Waals surface area contributed by atoms with Crippen LogP contribution in [0.1, 0.15) is 18.1 Å². The van der Waals surface area contributed by atoms with Gasteiger partial charge in [0.2, 0.25) is 0 Å². The van der Waals surface area contributed by atoms with Crippen molar-refractivity contribution in [2.24, 2.45) is 5.73 Å². The third-order valence-electron chi connectivity index (χ3n) is 1.94. The number of aromatic hydroxyl groups is 2. The second-order valence-corrected chi connectivity index (χ2v) is 3.45. The Morgan fingerprint density at radius 3 is 2.36 bits per heavy atom. The van der Waals surface area contributed by atoms with Gasteiger partial charge < -0.3 is 15.9 Å². The Bertz CT molecular complexity index is 313. The lowest BCUT2D eigenvalue weighted by atomic mass is 10.0. The van der Waals surface area contributed by atoms with Crippen molar-refractivity contribution >= 4 is 12.4 Å². The number of phenolic OH excluding ortho intramolecular Hbond substituents is 2. The summed E-state index contributed by atoms with van der Waals surface area (Å²) in [5.41, 5.74) is 6.95. The number of hydrogen-bond donors (Lipinski definition) is 3. The molecule has 1 unspecified atom stereocenters. The molecule has 0 spiro atoms. The van der Waals surface area contributed by atoms with Crippen LogP contribution >= 0.6 is 12.4 Å². The molecule has 4 heteroatoms. The minimum atomic E-state index is -0.0204. The Balaban J connectivity index is 0.00000169. The summed E-state index contributed by atoms with van der Waals surface area (Å²) in [6, 6.07) is 3.09. The van der Waals surface area contributed by atoms with Crippen LogP contribution in [0.4, 0.5) is 0 Å². The lowest BCUT2D eigenvalue weighted by Crippen LogP contribution is -2.17. The number of nitrogens with two attached hydrogens (primary N) is 1. The predicted molar refractivity (Wildman–Crippen MR) is 59.1 cm³/mol. The fourth-order valence-corrected chi connectivity index (χ4v) is 1.23. The van der Waals surface area contributed by atoms with Gasteiger partial charge in [-0.05, 0) is 43.5 Å². The van der Waals surface area contributed by atoms with Gasteiger partial charge in [0.15, 0.2) is 0 Å². The maximum absolute atomic E-state index is 9.50. The van der Waals surface area contributed by atoms with Crippen LogP contribution < -0.4 is 5.73 Å². The molecule has 14 heavy (non-hydrogen) atoms. The highest BCUT2D eigenvalue weighted by molar-refractivity contribution is 5.85. The van der Waals surface area contributed by atoms with E-state index in [-0.39, 0.29) is 29.9 Å². The summed E-state index contributed by atoms with van der Waals surface area (Å²) >= 11 is 0. The first-order chi connectivity index (χ1) is 6.00. The highest BCUT2D eigenvalue weighted by Crippen LogP contribution is 2.27. The van der Waals surface area contributed by atoms with Crippen molar-refractivity contribution in [2.75, 3.05) is 0 Å². The first-order valence-corrected chi connectivity index (χ1v) is 4.27. The number of hydrogen-bond acceptors (Lipinski definition) is 3. The fourth-order valence-electron chi connectivity index (χ4n) is 1.23. The maximum Gasteiger partial charge on any atom is 0.119 e. The van der Waals surface area contributed by atoms with E-state index in [1.807, 2.05) is 6.92 Å². The van der Waals surface area contributed by atoms with Gasteiger partial charge in [0.25, 0.3) is 0 Å². The van der Waals surface area contributed by atoms with E-state index in [0.717, 1.165) is 0 Å². The summed E-state index contributed by atoms with van der Waals surface area (Å²) < 4.78 is 0. The molecule has 0 fully saturated rings. The Hall–Kier alpha value is -0.930. The van der Waals surface area contributed by atoms with Crippen LogP contribution in [-0.4, -0.2) is 16.3 Å². The van der Waals surface area contributed by atoms with Crippen LogP contribution in [-0.2, 0) is 6.42 Å². The zero-order valence-electron chi connectivity index (χ0n) is 8.32. The van der Waals surface area contributed by atoms with E-state index in [9.17, 15) is 10.2 Å². The highest BCUT2D eigenvalue weighted by Gasteiger charge is 2.07. The van der Waals surface area contributed by atoms with Crippen LogP contribution in [0, 0.1) is 6.92 Å². The highest BCUT2D eigenvalue weighted by atomic mass is 35.5.